The van der Waals surface area contributed by atoms with Gasteiger partial charge in [-0.3, -0.25) is 0 Å². The van der Waals surface area contributed by atoms with Crippen LogP contribution in [-0.4, -0.2) is 0 Å². The van der Waals surface area contributed by atoms with E-state index in [1.165, 1.54) is 5.56 Å². The van der Waals surface area contributed by atoms with Gasteiger partial charge in [-0.2, -0.15) is 5.26 Å². The Morgan fingerprint density at radius 1 is 0.875 bits per heavy atom. The summed E-state index contributed by atoms with van der Waals surface area (Å²) in [6, 6.07) is 23.0. The lowest BCUT2D eigenvalue weighted by Gasteiger charge is -2.24. The van der Waals surface area contributed by atoms with Crippen molar-refractivity contribution in [2.45, 2.75) is 38.0 Å². The highest BCUT2D eigenvalue weighted by Gasteiger charge is 2.29. The molecule has 0 amide bonds. The molecule has 2 aromatic rings. The van der Waals surface area contributed by atoms with Crippen LogP contribution in [0.4, 0.5) is 0 Å². The first-order chi connectivity index (χ1) is 11.8. The van der Waals surface area contributed by atoms with Crippen molar-refractivity contribution in [3.8, 4) is 6.07 Å². The summed E-state index contributed by atoms with van der Waals surface area (Å²) in [5.41, 5.74) is 1.75. The lowest BCUT2D eigenvalue weighted by atomic mass is 9.76. The summed E-state index contributed by atoms with van der Waals surface area (Å²) in [5.74, 6) is 0. The Morgan fingerprint density at radius 3 is 2.12 bits per heavy atom. The molecule has 0 saturated carbocycles. The van der Waals surface area contributed by atoms with Crippen molar-refractivity contribution in [1.82, 2.24) is 0 Å². The minimum atomic E-state index is -0.503. The van der Waals surface area contributed by atoms with Gasteiger partial charge in [0.1, 0.15) is 0 Å². The van der Waals surface area contributed by atoms with Crippen molar-refractivity contribution in [3.05, 3.63) is 90.0 Å². The fourth-order valence-electron chi connectivity index (χ4n) is 2.76. The normalized spacial score (nSPS) is 13.8. The lowest BCUT2D eigenvalue weighted by Crippen LogP contribution is -2.22. The molecule has 0 aliphatic heterocycles. The standard InChI is InChI=1S/C23H25N/c1-2-3-4-11-18-23(20-24,22-16-9-6-10-17-22)19-12-15-21-13-7-5-8-14-21/h4-17H,2-3,18-19H2,1H3/b11-4-,15-12+. The summed E-state index contributed by atoms with van der Waals surface area (Å²) in [6.45, 7) is 2.17. The van der Waals surface area contributed by atoms with Crippen LogP contribution in [0.2, 0.25) is 0 Å². The van der Waals surface area contributed by atoms with Crippen molar-refractivity contribution >= 4 is 6.08 Å². The Kier molecular flexibility index (Phi) is 7.05. The molecule has 0 aliphatic carbocycles. The zero-order chi connectivity index (χ0) is 17.1. The zero-order valence-electron chi connectivity index (χ0n) is 14.4. The van der Waals surface area contributed by atoms with Crippen LogP contribution in [0.25, 0.3) is 6.08 Å². The number of hydrogen-bond acceptors (Lipinski definition) is 1. The predicted octanol–water partition coefficient (Wildman–Crippen LogP) is 6.30. The van der Waals surface area contributed by atoms with Crippen LogP contribution in [0.5, 0.6) is 0 Å². The van der Waals surface area contributed by atoms with E-state index in [1.54, 1.807) is 0 Å². The summed E-state index contributed by atoms with van der Waals surface area (Å²) in [7, 11) is 0. The van der Waals surface area contributed by atoms with Crippen molar-refractivity contribution in [1.29, 1.82) is 5.26 Å². The van der Waals surface area contributed by atoms with Gasteiger partial charge in [0.15, 0.2) is 0 Å². The Bertz CT molecular complexity index is 692. The first kappa shape index (κ1) is 17.8. The predicted molar refractivity (Wildman–Crippen MR) is 102 cm³/mol. The van der Waals surface area contributed by atoms with Gasteiger partial charge in [-0.05, 0) is 30.4 Å². The van der Waals surface area contributed by atoms with Gasteiger partial charge in [0.05, 0.1) is 11.5 Å². The number of benzene rings is 2. The van der Waals surface area contributed by atoms with Crippen molar-refractivity contribution < 1.29 is 0 Å². The molecule has 122 valence electrons. The van der Waals surface area contributed by atoms with Gasteiger partial charge in [0.25, 0.3) is 0 Å². The summed E-state index contributed by atoms with van der Waals surface area (Å²) >= 11 is 0. The second kappa shape index (κ2) is 9.53. The van der Waals surface area contributed by atoms with Crippen LogP contribution >= 0.6 is 0 Å². The number of rotatable bonds is 8. The Balaban J connectivity index is 2.21. The molecule has 1 heteroatoms. The molecule has 24 heavy (non-hydrogen) atoms. The molecule has 0 saturated heterocycles. The second-order valence-corrected chi connectivity index (χ2v) is 6.04. The zero-order valence-corrected chi connectivity index (χ0v) is 14.4. The molecule has 0 N–H and O–H groups in total. The third kappa shape index (κ3) is 4.96. The number of nitriles is 1. The fourth-order valence-corrected chi connectivity index (χ4v) is 2.76. The molecule has 0 aliphatic rings. The van der Waals surface area contributed by atoms with Gasteiger partial charge in [0, 0.05) is 0 Å². The van der Waals surface area contributed by atoms with Crippen molar-refractivity contribution in [3.63, 3.8) is 0 Å². The highest BCUT2D eigenvalue weighted by molar-refractivity contribution is 5.49. The van der Waals surface area contributed by atoms with E-state index in [0.717, 1.165) is 24.8 Å². The van der Waals surface area contributed by atoms with Crippen LogP contribution in [-0.2, 0) is 5.41 Å². The Morgan fingerprint density at radius 2 is 1.50 bits per heavy atom. The van der Waals surface area contributed by atoms with Gasteiger partial charge in [-0.1, -0.05) is 98.3 Å². The maximum atomic E-state index is 9.97. The van der Waals surface area contributed by atoms with Crippen LogP contribution in [0.15, 0.2) is 78.9 Å². The van der Waals surface area contributed by atoms with Gasteiger partial charge in [-0.15, -0.1) is 0 Å². The van der Waals surface area contributed by atoms with Gasteiger partial charge >= 0.3 is 0 Å². The third-order valence-corrected chi connectivity index (χ3v) is 4.20. The Labute approximate surface area is 146 Å². The second-order valence-electron chi connectivity index (χ2n) is 6.04. The maximum absolute atomic E-state index is 9.97. The first-order valence-electron chi connectivity index (χ1n) is 8.64. The van der Waals surface area contributed by atoms with Crippen molar-refractivity contribution in [2.24, 2.45) is 0 Å². The topological polar surface area (TPSA) is 23.8 Å². The molecule has 0 radical (unpaired) electrons. The minimum absolute atomic E-state index is 0.503. The summed E-state index contributed by atoms with van der Waals surface area (Å²) in [4.78, 5) is 0. The quantitative estimate of drug-likeness (QED) is 0.524. The average Bonchev–Trinajstić information content (AvgIpc) is 2.65. The highest BCUT2D eigenvalue weighted by atomic mass is 14.4. The van der Waals surface area contributed by atoms with E-state index in [0.29, 0.717) is 6.42 Å². The molecule has 0 spiro atoms. The highest BCUT2D eigenvalue weighted by Crippen LogP contribution is 2.32. The van der Waals surface area contributed by atoms with Gasteiger partial charge in [-0.25, -0.2) is 0 Å². The maximum Gasteiger partial charge on any atom is 0.0890 e. The summed E-state index contributed by atoms with van der Waals surface area (Å²) < 4.78 is 0. The molecule has 1 unspecified atom stereocenters. The smallest absolute Gasteiger partial charge is 0.0890 e. The van der Waals surface area contributed by atoms with E-state index in [2.05, 4.69) is 61.6 Å². The number of unbranched alkanes of at least 4 members (excludes halogenated alkanes) is 1. The van der Waals surface area contributed by atoms with E-state index >= 15 is 0 Å². The molecule has 1 nitrogen and oxygen atoms in total. The van der Waals surface area contributed by atoms with E-state index in [9.17, 15) is 5.26 Å². The largest absolute Gasteiger partial charge is 0.197 e. The molecular formula is C23H25N. The summed E-state index contributed by atoms with van der Waals surface area (Å²) in [5, 5.41) is 9.97. The van der Waals surface area contributed by atoms with Gasteiger partial charge in [0.2, 0.25) is 0 Å². The minimum Gasteiger partial charge on any atom is -0.197 e. The van der Waals surface area contributed by atoms with Crippen molar-refractivity contribution in [2.75, 3.05) is 0 Å². The summed E-state index contributed by atoms with van der Waals surface area (Å²) in [6.07, 6.45) is 12.2. The third-order valence-electron chi connectivity index (χ3n) is 4.20. The molecule has 1 atom stereocenters. The molecule has 0 heterocycles. The monoisotopic (exact) mass is 315 g/mol. The molecule has 0 bridgehead atoms. The molecular weight excluding hydrogens is 290 g/mol. The lowest BCUT2D eigenvalue weighted by molar-refractivity contribution is 0.565. The number of allylic oxidation sites excluding steroid dienone is 3. The van der Waals surface area contributed by atoms with Crippen LogP contribution < -0.4 is 0 Å². The van der Waals surface area contributed by atoms with Crippen LogP contribution in [0.1, 0.15) is 43.7 Å². The molecule has 0 fully saturated rings. The fraction of sp³-hybridized carbons (Fsp3) is 0.261. The molecule has 0 aromatic heterocycles. The first-order valence-corrected chi connectivity index (χ1v) is 8.64. The van der Waals surface area contributed by atoms with Gasteiger partial charge < -0.3 is 0 Å². The number of nitrogens with zero attached hydrogens (tertiary/aromatic N) is 1. The average molecular weight is 315 g/mol. The Hall–Kier alpha value is -2.59. The van der Waals surface area contributed by atoms with Crippen LogP contribution in [0.3, 0.4) is 0 Å². The number of hydrogen-bond donors (Lipinski definition) is 0. The van der Waals surface area contributed by atoms with E-state index in [4.69, 9.17) is 0 Å². The van der Waals surface area contributed by atoms with Crippen LogP contribution in [0, 0.1) is 11.3 Å². The molecule has 2 rings (SSSR count). The van der Waals surface area contributed by atoms with E-state index < -0.39 is 5.41 Å². The SMILES string of the molecule is CCC/C=C\CC(C#N)(C/C=C/c1ccccc1)c1ccccc1. The van der Waals surface area contributed by atoms with E-state index in [1.807, 2.05) is 36.4 Å². The van der Waals surface area contributed by atoms with E-state index in [-0.39, 0.29) is 0 Å². The molecule has 2 aromatic carbocycles.